The Balaban J connectivity index is 1.74. The van der Waals surface area contributed by atoms with E-state index in [0.29, 0.717) is 18.6 Å². The molecule has 3 rings (SSSR count). The van der Waals surface area contributed by atoms with Gasteiger partial charge in [-0.25, -0.2) is 0 Å². The van der Waals surface area contributed by atoms with Crippen molar-refractivity contribution < 1.29 is 14.6 Å². The van der Waals surface area contributed by atoms with Crippen molar-refractivity contribution in [3.63, 3.8) is 0 Å². The molecular weight excluding hydrogens is 314 g/mol. The van der Waals surface area contributed by atoms with Gasteiger partial charge in [0.1, 0.15) is 0 Å². The summed E-state index contributed by atoms with van der Waals surface area (Å²) in [4.78, 5) is 15.0. The van der Waals surface area contributed by atoms with E-state index in [-0.39, 0.29) is 11.9 Å². The van der Waals surface area contributed by atoms with Gasteiger partial charge in [0.15, 0.2) is 0 Å². The van der Waals surface area contributed by atoms with E-state index in [4.69, 9.17) is 4.74 Å². The molecule has 0 saturated carbocycles. The lowest BCUT2D eigenvalue weighted by Crippen LogP contribution is -2.37. The van der Waals surface area contributed by atoms with Gasteiger partial charge in [0.25, 0.3) is 5.91 Å². The van der Waals surface area contributed by atoms with E-state index >= 15 is 0 Å². The molecule has 1 aliphatic rings. The molecule has 1 saturated heterocycles. The van der Waals surface area contributed by atoms with E-state index in [0.717, 1.165) is 30.5 Å². The third-order valence-electron chi connectivity index (χ3n) is 4.87. The summed E-state index contributed by atoms with van der Waals surface area (Å²) < 4.78 is 5.22. The Kier molecular flexibility index (Phi) is 5.84. The second-order valence-corrected chi connectivity index (χ2v) is 6.55. The van der Waals surface area contributed by atoms with E-state index < -0.39 is 6.10 Å². The molecule has 0 radical (unpaired) electrons. The van der Waals surface area contributed by atoms with Crippen LogP contribution in [-0.2, 0) is 11.3 Å². The van der Waals surface area contributed by atoms with E-state index in [1.165, 1.54) is 0 Å². The Labute approximate surface area is 149 Å². The Morgan fingerprint density at radius 3 is 2.68 bits per heavy atom. The average molecular weight is 339 g/mol. The number of amides is 1. The van der Waals surface area contributed by atoms with Crippen LogP contribution in [0.1, 0.15) is 46.9 Å². The molecule has 0 bridgehead atoms. The van der Waals surface area contributed by atoms with Crippen LogP contribution in [0.25, 0.3) is 0 Å². The van der Waals surface area contributed by atoms with Gasteiger partial charge in [-0.1, -0.05) is 48.5 Å². The SMILES string of the molecule is COCc1ccccc1C(=O)N1CCC[C@@H]1C[C@H](O)c1ccccc1. The van der Waals surface area contributed by atoms with Crippen LogP contribution in [0.5, 0.6) is 0 Å². The Morgan fingerprint density at radius 1 is 1.20 bits per heavy atom. The molecular formula is C21H25NO3. The fraction of sp³-hybridized carbons (Fsp3) is 0.381. The third kappa shape index (κ3) is 4.09. The fourth-order valence-electron chi connectivity index (χ4n) is 3.58. The first-order chi connectivity index (χ1) is 12.2. The summed E-state index contributed by atoms with van der Waals surface area (Å²) in [5, 5.41) is 10.5. The number of ether oxygens (including phenoxy) is 1. The second kappa shape index (κ2) is 8.28. The molecule has 4 nitrogen and oxygen atoms in total. The molecule has 2 aromatic rings. The van der Waals surface area contributed by atoms with E-state index in [1.807, 2.05) is 59.5 Å². The van der Waals surface area contributed by atoms with Crippen molar-refractivity contribution >= 4 is 5.91 Å². The number of nitrogens with zero attached hydrogens (tertiary/aromatic N) is 1. The lowest BCUT2D eigenvalue weighted by Gasteiger charge is -2.27. The van der Waals surface area contributed by atoms with Crippen molar-refractivity contribution in [3.05, 3.63) is 71.3 Å². The van der Waals surface area contributed by atoms with Crippen LogP contribution in [0.4, 0.5) is 0 Å². The molecule has 2 atom stereocenters. The lowest BCUT2D eigenvalue weighted by atomic mass is 9.99. The number of likely N-dealkylation sites (tertiary alicyclic amines) is 1. The normalized spacial score (nSPS) is 18.3. The number of benzene rings is 2. The van der Waals surface area contributed by atoms with Gasteiger partial charge in [0.2, 0.25) is 0 Å². The van der Waals surface area contributed by atoms with Gasteiger partial charge in [-0.15, -0.1) is 0 Å². The zero-order valence-corrected chi connectivity index (χ0v) is 14.6. The Bertz CT molecular complexity index is 701. The first-order valence-electron chi connectivity index (χ1n) is 8.81. The molecule has 0 aromatic heterocycles. The van der Waals surface area contributed by atoms with E-state index in [9.17, 15) is 9.90 Å². The third-order valence-corrected chi connectivity index (χ3v) is 4.87. The first kappa shape index (κ1) is 17.6. The van der Waals surface area contributed by atoms with Crippen LogP contribution >= 0.6 is 0 Å². The standard InChI is InChI=1S/C21H25NO3/c1-25-15-17-10-5-6-12-19(17)21(24)22-13-7-11-18(22)14-20(23)16-8-3-2-4-9-16/h2-6,8-10,12,18,20,23H,7,11,13-15H2,1H3/t18-,20+/m1/s1. The monoisotopic (exact) mass is 339 g/mol. The van der Waals surface area contributed by atoms with E-state index in [1.54, 1.807) is 7.11 Å². The molecule has 1 fully saturated rings. The van der Waals surface area contributed by atoms with Crippen LogP contribution in [-0.4, -0.2) is 35.6 Å². The number of carbonyl (C=O) groups is 1. The summed E-state index contributed by atoms with van der Waals surface area (Å²) >= 11 is 0. The maximum Gasteiger partial charge on any atom is 0.254 e. The minimum Gasteiger partial charge on any atom is -0.388 e. The Morgan fingerprint density at radius 2 is 1.92 bits per heavy atom. The van der Waals surface area contributed by atoms with Crippen LogP contribution < -0.4 is 0 Å². The van der Waals surface area contributed by atoms with Crippen molar-refractivity contribution in [2.45, 2.75) is 38.0 Å². The number of methoxy groups -OCH3 is 1. The quantitative estimate of drug-likeness (QED) is 0.875. The van der Waals surface area contributed by atoms with Crippen LogP contribution in [0.2, 0.25) is 0 Å². The van der Waals surface area contributed by atoms with Crippen molar-refractivity contribution in [1.82, 2.24) is 4.90 Å². The highest BCUT2D eigenvalue weighted by Crippen LogP contribution is 2.29. The molecule has 1 N–H and O–H groups in total. The van der Waals surface area contributed by atoms with Crippen LogP contribution in [0, 0.1) is 0 Å². The van der Waals surface area contributed by atoms with Crippen molar-refractivity contribution in [3.8, 4) is 0 Å². The lowest BCUT2D eigenvalue weighted by molar-refractivity contribution is 0.0662. The molecule has 0 aliphatic carbocycles. The maximum atomic E-state index is 13.1. The summed E-state index contributed by atoms with van der Waals surface area (Å²) in [5.41, 5.74) is 2.51. The van der Waals surface area contributed by atoms with Gasteiger partial charge in [-0.2, -0.15) is 0 Å². The summed E-state index contributed by atoms with van der Waals surface area (Å²) in [6.07, 6.45) is 1.93. The zero-order chi connectivity index (χ0) is 17.6. The van der Waals surface area contributed by atoms with Gasteiger partial charge >= 0.3 is 0 Å². The fourth-order valence-corrected chi connectivity index (χ4v) is 3.58. The molecule has 1 amide bonds. The highest BCUT2D eigenvalue weighted by atomic mass is 16.5. The molecule has 132 valence electrons. The molecule has 25 heavy (non-hydrogen) atoms. The van der Waals surface area contributed by atoms with Gasteiger partial charge in [0, 0.05) is 25.3 Å². The molecule has 0 unspecified atom stereocenters. The van der Waals surface area contributed by atoms with Gasteiger partial charge in [0.05, 0.1) is 12.7 Å². The van der Waals surface area contributed by atoms with Crippen molar-refractivity contribution in [2.24, 2.45) is 0 Å². The molecule has 1 heterocycles. The minimum absolute atomic E-state index is 0.0374. The molecule has 0 spiro atoms. The predicted molar refractivity (Wildman–Crippen MR) is 97.2 cm³/mol. The number of hydrogen-bond donors (Lipinski definition) is 1. The number of carbonyl (C=O) groups excluding carboxylic acids is 1. The topological polar surface area (TPSA) is 49.8 Å². The van der Waals surface area contributed by atoms with Crippen molar-refractivity contribution in [2.75, 3.05) is 13.7 Å². The molecule has 2 aromatic carbocycles. The predicted octanol–water partition coefficient (Wildman–Crippen LogP) is 3.56. The Hall–Kier alpha value is -2.17. The molecule has 4 heteroatoms. The number of hydrogen-bond acceptors (Lipinski definition) is 3. The van der Waals surface area contributed by atoms with Gasteiger partial charge in [-0.3, -0.25) is 4.79 Å². The first-order valence-corrected chi connectivity index (χ1v) is 8.81. The summed E-state index contributed by atoms with van der Waals surface area (Å²) in [6, 6.07) is 17.3. The van der Waals surface area contributed by atoms with Crippen molar-refractivity contribution in [1.29, 1.82) is 0 Å². The number of aliphatic hydroxyl groups excluding tert-OH is 1. The highest BCUT2D eigenvalue weighted by Gasteiger charge is 2.32. The minimum atomic E-state index is -0.547. The number of aliphatic hydroxyl groups is 1. The van der Waals surface area contributed by atoms with Crippen LogP contribution in [0.3, 0.4) is 0 Å². The van der Waals surface area contributed by atoms with Gasteiger partial charge < -0.3 is 14.7 Å². The summed E-state index contributed by atoms with van der Waals surface area (Å²) in [6.45, 7) is 1.17. The zero-order valence-electron chi connectivity index (χ0n) is 14.6. The maximum absolute atomic E-state index is 13.1. The summed E-state index contributed by atoms with van der Waals surface area (Å²) in [7, 11) is 1.64. The summed E-state index contributed by atoms with van der Waals surface area (Å²) in [5.74, 6) is 0.0374. The van der Waals surface area contributed by atoms with Crippen LogP contribution in [0.15, 0.2) is 54.6 Å². The van der Waals surface area contributed by atoms with E-state index in [2.05, 4.69) is 0 Å². The average Bonchev–Trinajstić information content (AvgIpc) is 3.10. The van der Waals surface area contributed by atoms with Gasteiger partial charge in [-0.05, 0) is 36.5 Å². The molecule has 1 aliphatic heterocycles. The number of rotatable bonds is 6. The second-order valence-electron chi connectivity index (χ2n) is 6.55. The smallest absolute Gasteiger partial charge is 0.254 e. The highest BCUT2D eigenvalue weighted by molar-refractivity contribution is 5.96. The largest absolute Gasteiger partial charge is 0.388 e.